The van der Waals surface area contributed by atoms with Gasteiger partial charge in [-0.15, -0.1) is 6.07 Å². The number of methoxy groups -OCH3 is 2. The first-order valence-corrected chi connectivity index (χ1v) is 10.6. The summed E-state index contributed by atoms with van der Waals surface area (Å²) in [5, 5.41) is 0. The van der Waals surface area contributed by atoms with Crippen LogP contribution in [-0.4, -0.2) is 20.2 Å². The molecule has 3 nitrogen and oxygen atoms in total. The van der Waals surface area contributed by atoms with Gasteiger partial charge in [0, 0.05) is 5.75 Å². The Bertz CT molecular complexity index is 291. The molecule has 0 fully saturated rings. The van der Waals surface area contributed by atoms with Crippen molar-refractivity contribution in [2.24, 2.45) is 0 Å². The fourth-order valence-electron chi connectivity index (χ4n) is 0.863. The van der Waals surface area contributed by atoms with Gasteiger partial charge in [-0.05, 0) is 5.56 Å². The number of benzene rings is 1. The zero-order chi connectivity index (χ0) is 11.0. The van der Waals surface area contributed by atoms with Crippen LogP contribution in [0.3, 0.4) is 0 Å². The van der Waals surface area contributed by atoms with Crippen LogP contribution in [0.1, 0.15) is 10.4 Å². The van der Waals surface area contributed by atoms with Crippen LogP contribution >= 0.6 is 13.6 Å². The quantitative estimate of drug-likeness (QED) is 0.477. The van der Waals surface area contributed by atoms with Gasteiger partial charge in [-0.3, -0.25) is 0 Å². The SMILES string of the molecule is COC(=O)c1cc[c-]cc1OC.[Zn+][Br]. The molecule has 0 radical (unpaired) electrons. The van der Waals surface area contributed by atoms with Crippen LogP contribution in [0, 0.1) is 6.07 Å². The molecule has 72 valence electrons. The summed E-state index contributed by atoms with van der Waals surface area (Å²) in [5.41, 5.74) is 0.416. The van der Waals surface area contributed by atoms with Crippen molar-refractivity contribution in [3.8, 4) is 5.75 Å². The molecule has 0 saturated heterocycles. The van der Waals surface area contributed by atoms with Crippen molar-refractivity contribution in [3.63, 3.8) is 0 Å². The van der Waals surface area contributed by atoms with Crippen LogP contribution < -0.4 is 4.74 Å². The molecule has 0 atom stereocenters. The average molecular weight is 310 g/mol. The van der Waals surface area contributed by atoms with E-state index in [1.807, 2.05) is 0 Å². The van der Waals surface area contributed by atoms with Gasteiger partial charge in [-0.25, -0.2) is 4.79 Å². The minimum absolute atomic E-state index is 0.402. The molecule has 0 bridgehead atoms. The van der Waals surface area contributed by atoms with Crippen LogP contribution in [0.4, 0.5) is 0 Å². The molecule has 0 aliphatic rings. The van der Waals surface area contributed by atoms with Crippen molar-refractivity contribution in [2.75, 3.05) is 14.2 Å². The first-order valence-electron chi connectivity index (χ1n) is 3.68. The van der Waals surface area contributed by atoms with E-state index in [0.29, 0.717) is 11.3 Å². The molecule has 5 heteroatoms. The van der Waals surface area contributed by atoms with Gasteiger partial charge in [0.2, 0.25) is 0 Å². The zero-order valence-corrected chi connectivity index (χ0v) is 12.6. The summed E-state index contributed by atoms with van der Waals surface area (Å²) >= 11 is 4.25. The molecule has 0 aliphatic carbocycles. The molecule has 0 amide bonds. The second-order valence-electron chi connectivity index (χ2n) is 2.12. The van der Waals surface area contributed by atoms with Crippen molar-refractivity contribution in [1.29, 1.82) is 0 Å². The average Bonchev–Trinajstić information content (AvgIpc) is 2.30. The summed E-state index contributed by atoms with van der Waals surface area (Å²) in [6.45, 7) is 0. The van der Waals surface area contributed by atoms with E-state index in [4.69, 9.17) is 4.74 Å². The van der Waals surface area contributed by atoms with Crippen molar-refractivity contribution >= 4 is 19.6 Å². The molecule has 0 unspecified atom stereocenters. The monoisotopic (exact) mass is 308 g/mol. The second-order valence-corrected chi connectivity index (χ2v) is 2.12. The van der Waals surface area contributed by atoms with Crippen molar-refractivity contribution < 1.29 is 30.6 Å². The van der Waals surface area contributed by atoms with E-state index in [1.54, 1.807) is 18.2 Å². The van der Waals surface area contributed by atoms with Crippen LogP contribution in [0.2, 0.25) is 0 Å². The number of halogens is 1. The minimum atomic E-state index is -0.402. The molecule has 0 aliphatic heterocycles. The predicted octanol–water partition coefficient (Wildman–Crippen LogP) is 2.13. The van der Waals surface area contributed by atoms with E-state index in [0.717, 1.165) is 0 Å². The molecule has 0 aromatic heterocycles. The summed E-state index contributed by atoms with van der Waals surface area (Å²) < 4.78 is 9.48. The molecule has 0 spiro atoms. The maximum atomic E-state index is 11.1. The van der Waals surface area contributed by atoms with Crippen LogP contribution in [0.15, 0.2) is 18.2 Å². The molecular formula is C9H9BrO3Zn. The number of hydrogen-bond donors (Lipinski definition) is 0. The standard InChI is InChI=1S/C9H9O3.BrH.Zn/c1-11-8-6-4-3-5-7(8)9(10)12-2;;/h3,5-6H,1-2H3;1H;/q-1;;+2/p-1. The van der Waals surface area contributed by atoms with Gasteiger partial charge < -0.3 is 9.47 Å². The molecule has 1 aromatic rings. The first-order chi connectivity index (χ1) is 6.79. The van der Waals surface area contributed by atoms with Gasteiger partial charge >= 0.3 is 35.9 Å². The van der Waals surface area contributed by atoms with Gasteiger partial charge in [0.15, 0.2) is 0 Å². The second kappa shape index (κ2) is 7.95. The van der Waals surface area contributed by atoms with Crippen LogP contribution in [-0.2, 0) is 21.1 Å². The number of carbonyl (C=O) groups excluding carboxylic acids is 1. The van der Waals surface area contributed by atoms with Crippen LogP contribution in [0.25, 0.3) is 0 Å². The van der Waals surface area contributed by atoms with Crippen LogP contribution in [0.5, 0.6) is 5.75 Å². The van der Waals surface area contributed by atoms with Gasteiger partial charge in [0.1, 0.15) is 0 Å². The first kappa shape index (κ1) is 13.6. The fourth-order valence-corrected chi connectivity index (χ4v) is 0.863. The van der Waals surface area contributed by atoms with E-state index in [2.05, 4.69) is 24.4 Å². The number of carbonyl (C=O) groups is 1. The molecule has 1 rings (SSSR count). The summed E-state index contributed by atoms with van der Waals surface area (Å²) in [7, 11) is 2.83. The fraction of sp³-hybridized carbons (Fsp3) is 0.222. The van der Waals surface area contributed by atoms with E-state index in [1.165, 1.54) is 30.6 Å². The Balaban J connectivity index is 0.000000791. The zero-order valence-electron chi connectivity index (χ0n) is 8.04. The number of hydrogen-bond acceptors (Lipinski definition) is 3. The van der Waals surface area contributed by atoms with E-state index < -0.39 is 5.97 Å². The molecule has 0 N–H and O–H groups in total. The molecular weight excluding hydrogens is 301 g/mol. The third-order valence-corrected chi connectivity index (χ3v) is 1.45. The Kier molecular flexibility index (Phi) is 7.72. The van der Waals surface area contributed by atoms with Gasteiger partial charge in [-0.1, -0.05) is 0 Å². The number of ether oxygens (including phenoxy) is 2. The summed E-state index contributed by atoms with van der Waals surface area (Å²) in [4.78, 5) is 11.1. The summed E-state index contributed by atoms with van der Waals surface area (Å²) in [6.07, 6.45) is 0. The van der Waals surface area contributed by atoms with Crippen molar-refractivity contribution in [1.82, 2.24) is 0 Å². The normalized spacial score (nSPS) is 8.36. The third-order valence-electron chi connectivity index (χ3n) is 1.45. The van der Waals surface area contributed by atoms with Gasteiger partial charge in [-0.2, -0.15) is 18.2 Å². The Morgan fingerprint density at radius 2 is 2.14 bits per heavy atom. The summed E-state index contributed by atoms with van der Waals surface area (Å²) in [6, 6.07) is 7.62. The Morgan fingerprint density at radius 3 is 2.64 bits per heavy atom. The Morgan fingerprint density at radius 1 is 1.50 bits per heavy atom. The molecule has 1 aromatic carbocycles. The molecule has 14 heavy (non-hydrogen) atoms. The van der Waals surface area contributed by atoms with Crippen molar-refractivity contribution in [3.05, 3.63) is 29.8 Å². The number of esters is 1. The van der Waals surface area contributed by atoms with E-state index >= 15 is 0 Å². The molecule has 0 saturated carbocycles. The topological polar surface area (TPSA) is 35.5 Å². The maximum absolute atomic E-state index is 11.1. The Hall–Kier alpha value is -0.407. The number of rotatable bonds is 2. The molecule has 0 heterocycles. The third kappa shape index (κ3) is 3.76. The van der Waals surface area contributed by atoms with E-state index in [-0.39, 0.29) is 0 Å². The predicted molar refractivity (Wildman–Crippen MR) is 52.1 cm³/mol. The van der Waals surface area contributed by atoms with Gasteiger partial charge in [0.05, 0.1) is 14.2 Å². The van der Waals surface area contributed by atoms with Crippen molar-refractivity contribution in [2.45, 2.75) is 0 Å². The van der Waals surface area contributed by atoms with E-state index in [9.17, 15) is 4.79 Å². The summed E-state index contributed by atoms with van der Waals surface area (Å²) in [5.74, 6) is 0.0743. The Labute approximate surface area is 99.8 Å². The van der Waals surface area contributed by atoms with Gasteiger partial charge in [0.25, 0.3) is 0 Å².